The van der Waals surface area contributed by atoms with Crippen LogP contribution in [-0.2, 0) is 9.59 Å². The average Bonchev–Trinajstić information content (AvgIpc) is 2.80. The van der Waals surface area contributed by atoms with Gasteiger partial charge in [-0.05, 0) is 25.2 Å². The molecule has 1 rings (SSSR count). The molecule has 0 aliphatic heterocycles. The second-order valence-corrected chi connectivity index (χ2v) is 5.82. The zero-order valence-electron chi connectivity index (χ0n) is 11.7. The minimum absolute atomic E-state index is 0.00125. The van der Waals surface area contributed by atoms with E-state index in [-0.39, 0.29) is 12.5 Å². The van der Waals surface area contributed by atoms with Gasteiger partial charge in [0.15, 0.2) is 0 Å². The monoisotopic (exact) mass is 255 g/mol. The van der Waals surface area contributed by atoms with Crippen LogP contribution in [0.15, 0.2) is 0 Å². The smallest absolute Gasteiger partial charge is 0.323 e. The van der Waals surface area contributed by atoms with Crippen LogP contribution in [0.3, 0.4) is 0 Å². The molecule has 0 radical (unpaired) electrons. The van der Waals surface area contributed by atoms with Gasteiger partial charge in [-0.3, -0.25) is 9.59 Å². The maximum Gasteiger partial charge on any atom is 0.323 e. The lowest BCUT2D eigenvalue weighted by atomic mass is 9.76. The molecule has 4 heteroatoms. The maximum atomic E-state index is 12.5. The lowest BCUT2D eigenvalue weighted by molar-refractivity contribution is -0.150. The van der Waals surface area contributed by atoms with Crippen molar-refractivity contribution in [3.05, 3.63) is 0 Å². The molecule has 1 amide bonds. The van der Waals surface area contributed by atoms with Gasteiger partial charge in [-0.2, -0.15) is 0 Å². The van der Waals surface area contributed by atoms with Crippen LogP contribution in [-0.4, -0.2) is 35.0 Å². The summed E-state index contributed by atoms with van der Waals surface area (Å²) in [5.74, 6) is -0.532. The van der Waals surface area contributed by atoms with E-state index in [0.717, 1.165) is 19.3 Å². The second-order valence-electron chi connectivity index (χ2n) is 5.82. The van der Waals surface area contributed by atoms with Gasteiger partial charge in [-0.1, -0.05) is 33.6 Å². The molecule has 1 saturated carbocycles. The molecule has 4 nitrogen and oxygen atoms in total. The van der Waals surface area contributed by atoms with Crippen LogP contribution in [0.25, 0.3) is 0 Å². The SMILES string of the molecule is CCCN(CC(=O)O)C(=O)C(C)(C)C1CCCC1. The van der Waals surface area contributed by atoms with Crippen molar-refractivity contribution in [1.82, 2.24) is 4.90 Å². The van der Waals surface area contributed by atoms with Gasteiger partial charge >= 0.3 is 5.97 Å². The topological polar surface area (TPSA) is 57.6 Å². The third-order valence-electron chi connectivity index (χ3n) is 4.03. The molecule has 0 aromatic heterocycles. The fourth-order valence-electron chi connectivity index (χ4n) is 2.92. The van der Waals surface area contributed by atoms with Crippen LogP contribution in [0.4, 0.5) is 0 Å². The predicted octanol–water partition coefficient (Wildman–Crippen LogP) is 2.53. The van der Waals surface area contributed by atoms with E-state index in [1.807, 2.05) is 20.8 Å². The molecule has 18 heavy (non-hydrogen) atoms. The Morgan fingerprint density at radius 2 is 1.83 bits per heavy atom. The molecule has 0 aromatic carbocycles. The van der Waals surface area contributed by atoms with Gasteiger partial charge in [-0.15, -0.1) is 0 Å². The van der Waals surface area contributed by atoms with Crippen LogP contribution in [0.1, 0.15) is 52.9 Å². The van der Waals surface area contributed by atoms with Crippen molar-refractivity contribution < 1.29 is 14.7 Å². The third kappa shape index (κ3) is 3.47. The highest BCUT2D eigenvalue weighted by Gasteiger charge is 2.40. The lowest BCUT2D eigenvalue weighted by Crippen LogP contribution is -2.46. The Morgan fingerprint density at radius 3 is 2.28 bits per heavy atom. The number of carboxylic acid groups (broad SMARTS) is 1. The molecule has 0 saturated heterocycles. The van der Waals surface area contributed by atoms with E-state index in [1.165, 1.54) is 17.7 Å². The highest BCUT2D eigenvalue weighted by Crippen LogP contribution is 2.40. The molecule has 0 unspecified atom stereocenters. The summed E-state index contributed by atoms with van der Waals surface area (Å²) in [4.78, 5) is 24.9. The Hall–Kier alpha value is -1.06. The summed E-state index contributed by atoms with van der Waals surface area (Å²) >= 11 is 0. The van der Waals surface area contributed by atoms with E-state index in [9.17, 15) is 9.59 Å². The summed E-state index contributed by atoms with van der Waals surface area (Å²) in [6.07, 6.45) is 5.35. The summed E-state index contributed by atoms with van der Waals surface area (Å²) in [5, 5.41) is 8.90. The Kier molecular flexibility index (Phi) is 5.17. The van der Waals surface area contributed by atoms with Gasteiger partial charge in [0.25, 0.3) is 0 Å². The maximum absolute atomic E-state index is 12.5. The number of nitrogens with zero attached hydrogens (tertiary/aromatic N) is 1. The van der Waals surface area contributed by atoms with Crippen molar-refractivity contribution in [2.75, 3.05) is 13.1 Å². The molecule has 1 fully saturated rings. The molecule has 0 spiro atoms. The minimum Gasteiger partial charge on any atom is -0.480 e. The van der Waals surface area contributed by atoms with E-state index >= 15 is 0 Å². The van der Waals surface area contributed by atoms with Crippen molar-refractivity contribution in [3.63, 3.8) is 0 Å². The minimum atomic E-state index is -0.931. The van der Waals surface area contributed by atoms with E-state index in [1.54, 1.807) is 0 Å². The first kappa shape index (κ1) is 15.0. The molecule has 104 valence electrons. The number of aliphatic carboxylic acids is 1. The fraction of sp³-hybridized carbons (Fsp3) is 0.857. The predicted molar refractivity (Wildman–Crippen MR) is 70.2 cm³/mol. The molecule has 0 atom stereocenters. The van der Waals surface area contributed by atoms with E-state index in [0.29, 0.717) is 12.5 Å². The van der Waals surface area contributed by atoms with Crippen LogP contribution in [0, 0.1) is 11.3 Å². The normalized spacial score (nSPS) is 16.8. The molecular formula is C14H25NO3. The summed E-state index contributed by atoms with van der Waals surface area (Å²) in [6.45, 7) is 6.25. The van der Waals surface area contributed by atoms with Crippen LogP contribution in [0.2, 0.25) is 0 Å². The highest BCUT2D eigenvalue weighted by atomic mass is 16.4. The van der Waals surface area contributed by atoms with Crippen molar-refractivity contribution in [2.45, 2.75) is 52.9 Å². The first-order valence-electron chi connectivity index (χ1n) is 6.90. The van der Waals surface area contributed by atoms with Crippen molar-refractivity contribution in [2.24, 2.45) is 11.3 Å². The molecule has 1 N–H and O–H groups in total. The molecule has 0 heterocycles. The van der Waals surface area contributed by atoms with Gasteiger partial charge in [0.05, 0.1) is 0 Å². The number of carbonyl (C=O) groups is 2. The summed E-state index contributed by atoms with van der Waals surface area (Å²) < 4.78 is 0. The summed E-state index contributed by atoms with van der Waals surface area (Å²) in [6, 6.07) is 0. The first-order chi connectivity index (χ1) is 8.39. The zero-order chi connectivity index (χ0) is 13.8. The molecule has 0 aromatic rings. The van der Waals surface area contributed by atoms with Crippen molar-refractivity contribution >= 4 is 11.9 Å². The zero-order valence-corrected chi connectivity index (χ0v) is 11.7. The van der Waals surface area contributed by atoms with Gasteiger partial charge in [0.1, 0.15) is 6.54 Å². The highest BCUT2D eigenvalue weighted by molar-refractivity contribution is 5.85. The van der Waals surface area contributed by atoms with Crippen LogP contribution in [0.5, 0.6) is 0 Å². The molecule has 1 aliphatic carbocycles. The number of rotatable bonds is 6. The number of carbonyl (C=O) groups excluding carboxylic acids is 1. The Balaban J connectivity index is 2.76. The second kappa shape index (κ2) is 6.21. The molecule has 1 aliphatic rings. The Labute approximate surface area is 109 Å². The summed E-state index contributed by atoms with van der Waals surface area (Å²) in [5.41, 5.74) is -0.429. The van der Waals surface area contributed by atoms with Gasteiger partial charge in [0, 0.05) is 12.0 Å². The van der Waals surface area contributed by atoms with Gasteiger partial charge in [-0.25, -0.2) is 0 Å². The van der Waals surface area contributed by atoms with Crippen LogP contribution >= 0.6 is 0 Å². The average molecular weight is 255 g/mol. The Morgan fingerprint density at radius 1 is 1.28 bits per heavy atom. The number of carboxylic acids is 1. The number of hydrogen-bond donors (Lipinski definition) is 1. The quantitative estimate of drug-likeness (QED) is 0.793. The lowest BCUT2D eigenvalue weighted by Gasteiger charge is -2.35. The molecule has 0 bridgehead atoms. The van der Waals surface area contributed by atoms with E-state index in [2.05, 4.69) is 0 Å². The number of hydrogen-bond acceptors (Lipinski definition) is 2. The summed E-state index contributed by atoms with van der Waals surface area (Å²) in [7, 11) is 0. The Bertz CT molecular complexity index is 306. The largest absolute Gasteiger partial charge is 0.480 e. The molecular weight excluding hydrogens is 230 g/mol. The van der Waals surface area contributed by atoms with Crippen molar-refractivity contribution in [1.29, 1.82) is 0 Å². The van der Waals surface area contributed by atoms with Crippen molar-refractivity contribution in [3.8, 4) is 0 Å². The fourth-order valence-corrected chi connectivity index (χ4v) is 2.92. The third-order valence-corrected chi connectivity index (χ3v) is 4.03. The first-order valence-corrected chi connectivity index (χ1v) is 6.90. The van der Waals surface area contributed by atoms with Gasteiger partial charge < -0.3 is 10.0 Å². The number of amides is 1. The van der Waals surface area contributed by atoms with E-state index < -0.39 is 11.4 Å². The standard InChI is InChI=1S/C14H25NO3/c1-4-9-15(10-12(16)17)13(18)14(2,3)11-7-5-6-8-11/h11H,4-10H2,1-3H3,(H,16,17). The van der Waals surface area contributed by atoms with Crippen LogP contribution < -0.4 is 0 Å². The van der Waals surface area contributed by atoms with E-state index in [4.69, 9.17) is 5.11 Å². The van der Waals surface area contributed by atoms with Gasteiger partial charge in [0.2, 0.25) is 5.91 Å².